The van der Waals surface area contributed by atoms with E-state index in [1.165, 1.54) is 11.1 Å². The van der Waals surface area contributed by atoms with Gasteiger partial charge >= 0.3 is 0 Å². The van der Waals surface area contributed by atoms with Crippen molar-refractivity contribution in [3.63, 3.8) is 0 Å². The lowest BCUT2D eigenvalue weighted by molar-refractivity contribution is 0.475. The van der Waals surface area contributed by atoms with Crippen LogP contribution in [0.2, 0.25) is 0 Å². The lowest BCUT2D eigenvalue weighted by Crippen LogP contribution is -2.19. The van der Waals surface area contributed by atoms with Gasteiger partial charge in [-0.1, -0.05) is 123 Å². The molecule has 6 rings (SSSR count). The molecule has 200 valence electrons. The van der Waals surface area contributed by atoms with Gasteiger partial charge in [0.1, 0.15) is 11.5 Å². The molecule has 0 unspecified atom stereocenters. The first-order valence-corrected chi connectivity index (χ1v) is 13.9. The second kappa shape index (κ2) is 10.8. The third-order valence-electron chi connectivity index (χ3n) is 7.92. The second-order valence-corrected chi connectivity index (χ2v) is 11.0. The highest BCUT2D eigenvalue weighted by Gasteiger charge is 2.26. The van der Waals surface area contributed by atoms with Crippen molar-refractivity contribution in [1.29, 1.82) is 0 Å². The van der Waals surface area contributed by atoms with Crippen LogP contribution >= 0.6 is 0 Å². The molecule has 0 spiro atoms. The first-order chi connectivity index (χ1) is 19.9. The summed E-state index contributed by atoms with van der Waals surface area (Å²) >= 11 is 0. The van der Waals surface area contributed by atoms with Crippen molar-refractivity contribution < 1.29 is 10.2 Å². The van der Waals surface area contributed by atoms with Gasteiger partial charge in [0.15, 0.2) is 0 Å². The molecule has 0 saturated carbocycles. The monoisotopic (exact) mass is 532 g/mol. The molecule has 0 aliphatic heterocycles. The Bertz CT molecular complexity index is 1650. The summed E-state index contributed by atoms with van der Waals surface area (Å²) in [4.78, 5) is 0. The Balaban J connectivity index is 1.55. The zero-order valence-corrected chi connectivity index (χ0v) is 23.3. The molecule has 0 saturated heterocycles. The van der Waals surface area contributed by atoms with Crippen molar-refractivity contribution in [2.24, 2.45) is 0 Å². The molecule has 0 amide bonds. The van der Waals surface area contributed by atoms with Crippen LogP contribution in [0.3, 0.4) is 0 Å². The molecule has 6 aromatic carbocycles. The molecule has 0 aliphatic rings. The van der Waals surface area contributed by atoms with E-state index in [-0.39, 0.29) is 16.9 Å². The molecule has 41 heavy (non-hydrogen) atoms. The molecule has 2 N–H and O–H groups in total. The summed E-state index contributed by atoms with van der Waals surface area (Å²) in [6, 6.07) is 49.4. The fourth-order valence-electron chi connectivity index (χ4n) is 5.38. The normalized spacial score (nSPS) is 11.4. The maximum absolute atomic E-state index is 9.91. The van der Waals surface area contributed by atoms with E-state index in [0.29, 0.717) is 0 Å². The number of phenols is 2. The Morgan fingerprint density at radius 1 is 0.341 bits per heavy atom. The van der Waals surface area contributed by atoms with Gasteiger partial charge in [-0.25, -0.2) is 0 Å². The van der Waals surface area contributed by atoms with E-state index in [1.807, 2.05) is 36.4 Å². The summed E-state index contributed by atoms with van der Waals surface area (Å²) in [5.41, 5.74) is 11.0. The second-order valence-electron chi connectivity index (χ2n) is 11.0. The Labute approximate surface area is 241 Å². The summed E-state index contributed by atoms with van der Waals surface area (Å²) in [6.45, 7) is 4.56. The van der Waals surface area contributed by atoms with E-state index in [4.69, 9.17) is 0 Å². The standard InChI is InChI=1S/C39H32O2/c1-39(2,35-23-31(27-9-5-3-6-10-27)21-33(25-35)29-13-17-37(40)18-14-29)36-24-32(28-11-7-4-8-12-28)22-34(26-36)30-15-19-38(41)20-16-30/h3-26,40-41H,1-2H3. The first kappa shape index (κ1) is 26.2. The highest BCUT2D eigenvalue weighted by Crippen LogP contribution is 2.40. The van der Waals surface area contributed by atoms with Gasteiger partial charge in [-0.15, -0.1) is 0 Å². The summed E-state index contributed by atoms with van der Waals surface area (Å²) in [5, 5.41) is 19.8. The molecular formula is C39H32O2. The Hall–Kier alpha value is -5.08. The molecule has 6 aromatic rings. The molecule has 2 heteroatoms. The fourth-order valence-corrected chi connectivity index (χ4v) is 5.38. The molecule has 0 atom stereocenters. The summed E-state index contributed by atoms with van der Waals surface area (Å²) in [5.74, 6) is 0.515. The van der Waals surface area contributed by atoms with E-state index in [1.54, 1.807) is 24.3 Å². The highest BCUT2D eigenvalue weighted by molar-refractivity contribution is 5.78. The van der Waals surface area contributed by atoms with Gasteiger partial charge < -0.3 is 10.2 Å². The zero-order valence-electron chi connectivity index (χ0n) is 23.3. The van der Waals surface area contributed by atoms with Crippen molar-refractivity contribution in [1.82, 2.24) is 0 Å². The van der Waals surface area contributed by atoms with Gasteiger partial charge in [-0.05, 0) is 92.0 Å². The maximum Gasteiger partial charge on any atom is 0.115 e. The van der Waals surface area contributed by atoms with Crippen molar-refractivity contribution in [2.75, 3.05) is 0 Å². The van der Waals surface area contributed by atoms with Crippen LogP contribution in [-0.4, -0.2) is 10.2 Å². The smallest absolute Gasteiger partial charge is 0.115 e. The van der Waals surface area contributed by atoms with Crippen molar-refractivity contribution in [2.45, 2.75) is 19.3 Å². The van der Waals surface area contributed by atoms with Crippen LogP contribution in [0.5, 0.6) is 11.5 Å². The van der Waals surface area contributed by atoms with Crippen LogP contribution in [0, 0.1) is 0 Å². The lowest BCUT2D eigenvalue weighted by Gasteiger charge is -2.29. The molecule has 0 heterocycles. The molecule has 2 nitrogen and oxygen atoms in total. The summed E-state index contributed by atoms with van der Waals surface area (Å²) in [7, 11) is 0. The number of hydrogen-bond donors (Lipinski definition) is 2. The molecule has 0 fully saturated rings. The Kier molecular flexibility index (Phi) is 6.91. The predicted molar refractivity (Wildman–Crippen MR) is 170 cm³/mol. The van der Waals surface area contributed by atoms with E-state index >= 15 is 0 Å². The van der Waals surface area contributed by atoms with Crippen molar-refractivity contribution >= 4 is 0 Å². The predicted octanol–water partition coefficient (Wildman–Crippen LogP) is 10.1. The minimum atomic E-state index is -0.340. The first-order valence-electron chi connectivity index (χ1n) is 13.9. The maximum atomic E-state index is 9.91. The summed E-state index contributed by atoms with van der Waals surface area (Å²) < 4.78 is 0. The third kappa shape index (κ3) is 5.50. The van der Waals surface area contributed by atoms with Crippen LogP contribution in [0.15, 0.2) is 146 Å². The highest BCUT2D eigenvalue weighted by atomic mass is 16.3. The topological polar surface area (TPSA) is 40.5 Å². The molecular weight excluding hydrogens is 500 g/mol. The Morgan fingerprint density at radius 3 is 0.951 bits per heavy atom. The van der Waals surface area contributed by atoms with E-state index in [2.05, 4.69) is 98.8 Å². The van der Waals surface area contributed by atoms with Crippen molar-refractivity contribution in [3.05, 3.63) is 157 Å². The van der Waals surface area contributed by atoms with Gasteiger partial charge in [0, 0.05) is 5.41 Å². The quantitative estimate of drug-likeness (QED) is 0.224. The molecule has 0 aliphatic carbocycles. The van der Waals surface area contributed by atoms with Gasteiger partial charge in [0.05, 0.1) is 0 Å². The van der Waals surface area contributed by atoms with E-state index in [9.17, 15) is 10.2 Å². The van der Waals surface area contributed by atoms with Gasteiger partial charge in [-0.3, -0.25) is 0 Å². The fraction of sp³-hybridized carbons (Fsp3) is 0.0769. The number of benzene rings is 6. The van der Waals surface area contributed by atoms with Crippen LogP contribution < -0.4 is 0 Å². The average Bonchev–Trinajstić information content (AvgIpc) is 3.02. The number of phenolic OH excluding ortho intramolecular Hbond substituents is 2. The number of rotatable bonds is 6. The lowest BCUT2D eigenvalue weighted by atomic mass is 9.75. The minimum absolute atomic E-state index is 0.257. The number of hydrogen-bond acceptors (Lipinski definition) is 2. The Morgan fingerprint density at radius 2 is 0.634 bits per heavy atom. The number of aromatic hydroxyl groups is 2. The van der Waals surface area contributed by atoms with E-state index < -0.39 is 0 Å². The van der Waals surface area contributed by atoms with E-state index in [0.717, 1.165) is 44.5 Å². The molecule has 0 aromatic heterocycles. The van der Waals surface area contributed by atoms with Gasteiger partial charge in [0.25, 0.3) is 0 Å². The SMILES string of the molecule is CC(C)(c1cc(-c2ccccc2)cc(-c2ccc(O)cc2)c1)c1cc(-c2ccccc2)cc(-c2ccc(O)cc2)c1. The minimum Gasteiger partial charge on any atom is -0.508 e. The van der Waals surface area contributed by atoms with Gasteiger partial charge in [0.2, 0.25) is 0 Å². The molecule has 0 bridgehead atoms. The average molecular weight is 533 g/mol. The summed E-state index contributed by atoms with van der Waals surface area (Å²) in [6.07, 6.45) is 0. The van der Waals surface area contributed by atoms with Gasteiger partial charge in [-0.2, -0.15) is 0 Å². The van der Waals surface area contributed by atoms with Crippen LogP contribution in [0.4, 0.5) is 0 Å². The van der Waals surface area contributed by atoms with Crippen LogP contribution in [0.1, 0.15) is 25.0 Å². The van der Waals surface area contributed by atoms with Crippen LogP contribution in [-0.2, 0) is 5.41 Å². The third-order valence-corrected chi connectivity index (χ3v) is 7.92. The largest absolute Gasteiger partial charge is 0.508 e. The molecule has 0 radical (unpaired) electrons. The van der Waals surface area contributed by atoms with Crippen molar-refractivity contribution in [3.8, 4) is 56.0 Å². The zero-order chi connectivity index (χ0) is 28.4. The van der Waals surface area contributed by atoms with Crippen LogP contribution in [0.25, 0.3) is 44.5 Å².